The number of hydrogen-bond donors (Lipinski definition) is 2. The van der Waals surface area contributed by atoms with Gasteiger partial charge >= 0.3 is 0 Å². The van der Waals surface area contributed by atoms with Gasteiger partial charge in [-0.1, -0.05) is 33.6 Å². The van der Waals surface area contributed by atoms with Gasteiger partial charge in [0.2, 0.25) is 0 Å². The number of nitrogens with one attached hydrogen (secondary N) is 2. The lowest BCUT2D eigenvalue weighted by atomic mass is 10.1. The van der Waals surface area contributed by atoms with Gasteiger partial charge in [-0.2, -0.15) is 5.26 Å². The first-order chi connectivity index (χ1) is 16.8. The first-order valence-corrected chi connectivity index (χ1v) is 11.9. The highest BCUT2D eigenvalue weighted by Gasteiger charge is 2.15. The van der Waals surface area contributed by atoms with E-state index >= 15 is 0 Å². The molecule has 0 aliphatic carbocycles. The van der Waals surface area contributed by atoms with Crippen LogP contribution in [0.15, 0.2) is 75.2 Å². The van der Waals surface area contributed by atoms with E-state index in [2.05, 4.69) is 42.5 Å². The Kier molecular flexibility index (Phi) is 9.06. The molecule has 0 aromatic heterocycles. The summed E-state index contributed by atoms with van der Waals surface area (Å²) < 4.78 is 12.1. The Morgan fingerprint density at radius 1 is 1.00 bits per heavy atom. The molecule has 2 N–H and O–H groups in total. The maximum Gasteiger partial charge on any atom is 0.266 e. The highest BCUT2D eigenvalue weighted by Crippen LogP contribution is 2.34. The smallest absolute Gasteiger partial charge is 0.266 e. The highest BCUT2D eigenvalue weighted by atomic mass is 79.9. The monoisotopic (exact) mass is 597 g/mol. The molecular formula is C26H21Br2N3O4. The molecule has 2 amide bonds. The van der Waals surface area contributed by atoms with Crippen molar-refractivity contribution in [3.05, 3.63) is 86.3 Å². The molecule has 35 heavy (non-hydrogen) atoms. The zero-order valence-electron chi connectivity index (χ0n) is 18.9. The first-order valence-electron chi connectivity index (χ1n) is 10.3. The second kappa shape index (κ2) is 12.2. The summed E-state index contributed by atoms with van der Waals surface area (Å²) in [5.41, 5.74) is 2.55. The van der Waals surface area contributed by atoms with Crippen LogP contribution in [0, 0.1) is 18.3 Å². The summed E-state index contributed by atoms with van der Waals surface area (Å²) in [6, 6.07) is 19.5. The van der Waals surface area contributed by atoms with Gasteiger partial charge in [-0.05, 0) is 77.5 Å². The number of nitriles is 1. The highest BCUT2D eigenvalue weighted by molar-refractivity contribution is 9.11. The molecule has 9 heteroatoms. The molecule has 0 spiro atoms. The SMILES string of the molecule is COc1ccc(NC(=O)/C(C#N)=C\c2cc(Br)cc(Br)c2OCC(=O)Nc2ccc(C)cc2)cc1. The van der Waals surface area contributed by atoms with E-state index in [1.54, 1.807) is 55.6 Å². The van der Waals surface area contributed by atoms with Crippen molar-refractivity contribution in [1.29, 1.82) is 5.26 Å². The molecule has 0 atom stereocenters. The number of benzene rings is 3. The van der Waals surface area contributed by atoms with Crippen molar-refractivity contribution in [1.82, 2.24) is 0 Å². The third kappa shape index (κ3) is 7.44. The van der Waals surface area contributed by atoms with E-state index in [0.717, 1.165) is 5.56 Å². The van der Waals surface area contributed by atoms with Crippen molar-refractivity contribution < 1.29 is 19.1 Å². The molecule has 3 rings (SSSR count). The first kappa shape index (κ1) is 26.0. The predicted octanol–water partition coefficient (Wildman–Crippen LogP) is 6.09. The van der Waals surface area contributed by atoms with Crippen LogP contribution in [0.2, 0.25) is 0 Å². The fourth-order valence-electron chi connectivity index (χ4n) is 2.99. The van der Waals surface area contributed by atoms with Crippen LogP contribution in [-0.4, -0.2) is 25.5 Å². The average Bonchev–Trinajstić information content (AvgIpc) is 2.83. The minimum absolute atomic E-state index is 0.139. The fraction of sp³-hybridized carbons (Fsp3) is 0.115. The lowest BCUT2D eigenvalue weighted by Crippen LogP contribution is -2.20. The maximum atomic E-state index is 12.7. The third-order valence-corrected chi connectivity index (χ3v) is 5.78. The van der Waals surface area contributed by atoms with Crippen LogP contribution >= 0.6 is 31.9 Å². The van der Waals surface area contributed by atoms with E-state index in [4.69, 9.17) is 9.47 Å². The lowest BCUT2D eigenvalue weighted by molar-refractivity contribution is -0.118. The quantitative estimate of drug-likeness (QED) is 0.241. The van der Waals surface area contributed by atoms with Crippen molar-refractivity contribution in [2.75, 3.05) is 24.4 Å². The number of carbonyl (C=O) groups is 2. The van der Waals surface area contributed by atoms with Gasteiger partial charge in [-0.3, -0.25) is 9.59 Å². The molecule has 0 radical (unpaired) electrons. The molecule has 0 heterocycles. The second-order valence-corrected chi connectivity index (χ2v) is 9.13. The molecule has 3 aromatic carbocycles. The maximum absolute atomic E-state index is 12.7. The number of hydrogen-bond acceptors (Lipinski definition) is 5. The van der Waals surface area contributed by atoms with E-state index in [0.29, 0.717) is 37.4 Å². The Morgan fingerprint density at radius 2 is 1.63 bits per heavy atom. The summed E-state index contributed by atoms with van der Waals surface area (Å²) in [6.07, 6.45) is 1.40. The molecule has 0 fully saturated rings. The molecule has 0 saturated carbocycles. The number of aryl methyl sites for hydroxylation is 1. The minimum Gasteiger partial charge on any atom is -0.497 e. The molecule has 0 unspecified atom stereocenters. The van der Waals surface area contributed by atoms with Gasteiger partial charge in [-0.25, -0.2) is 0 Å². The Labute approximate surface area is 220 Å². The molecule has 0 saturated heterocycles. The van der Waals surface area contributed by atoms with E-state index < -0.39 is 5.91 Å². The molecule has 0 bridgehead atoms. The standard InChI is InChI=1S/C26H21Br2N3O4/c1-16-3-5-20(6-4-16)30-24(32)15-35-25-17(12-19(27)13-23(25)28)11-18(14-29)26(33)31-21-7-9-22(34-2)10-8-21/h3-13H,15H2,1-2H3,(H,30,32)(H,31,33)/b18-11-. The van der Waals surface area contributed by atoms with Gasteiger partial charge in [-0.15, -0.1) is 0 Å². The third-order valence-electron chi connectivity index (χ3n) is 4.73. The number of methoxy groups -OCH3 is 1. The Hall–Kier alpha value is -3.61. The van der Waals surface area contributed by atoms with E-state index in [1.807, 2.05) is 25.1 Å². The summed E-state index contributed by atoms with van der Waals surface area (Å²) in [4.78, 5) is 25.1. The summed E-state index contributed by atoms with van der Waals surface area (Å²) in [5, 5.41) is 15.1. The van der Waals surface area contributed by atoms with Gasteiger partial charge in [0.25, 0.3) is 11.8 Å². The summed E-state index contributed by atoms with van der Waals surface area (Å²) in [6.45, 7) is 1.69. The number of ether oxygens (including phenoxy) is 2. The molecule has 3 aromatic rings. The molecule has 7 nitrogen and oxygen atoms in total. The van der Waals surface area contributed by atoms with Gasteiger partial charge in [0.05, 0.1) is 11.6 Å². The van der Waals surface area contributed by atoms with E-state index in [9.17, 15) is 14.9 Å². The summed E-state index contributed by atoms with van der Waals surface area (Å²) in [5.74, 6) is 0.0247. The van der Waals surface area contributed by atoms with Crippen LogP contribution in [0.1, 0.15) is 11.1 Å². The average molecular weight is 599 g/mol. The van der Waals surface area contributed by atoms with Gasteiger partial charge in [0, 0.05) is 21.4 Å². The normalized spacial score (nSPS) is 10.8. The van der Waals surface area contributed by atoms with Crippen molar-refractivity contribution in [3.8, 4) is 17.6 Å². The summed E-state index contributed by atoms with van der Waals surface area (Å²) >= 11 is 6.83. The van der Waals surface area contributed by atoms with E-state index in [-0.39, 0.29) is 18.1 Å². The fourth-order valence-corrected chi connectivity index (χ4v) is 4.36. The predicted molar refractivity (Wildman–Crippen MR) is 142 cm³/mol. The number of nitrogens with zero attached hydrogens (tertiary/aromatic N) is 1. The molecule has 178 valence electrons. The molecule has 0 aliphatic heterocycles. The Morgan fingerprint density at radius 3 is 2.26 bits per heavy atom. The summed E-state index contributed by atoms with van der Waals surface area (Å²) in [7, 11) is 1.55. The second-order valence-electron chi connectivity index (χ2n) is 7.36. The van der Waals surface area contributed by atoms with Crippen LogP contribution in [0.5, 0.6) is 11.5 Å². The molecular weight excluding hydrogens is 578 g/mol. The van der Waals surface area contributed by atoms with Crippen LogP contribution in [0.25, 0.3) is 6.08 Å². The zero-order chi connectivity index (χ0) is 25.4. The molecule has 0 aliphatic rings. The van der Waals surface area contributed by atoms with Crippen molar-refractivity contribution >= 4 is 61.1 Å². The minimum atomic E-state index is -0.586. The topological polar surface area (TPSA) is 100 Å². The van der Waals surface area contributed by atoms with Gasteiger partial charge < -0.3 is 20.1 Å². The van der Waals surface area contributed by atoms with Crippen LogP contribution in [0.3, 0.4) is 0 Å². The van der Waals surface area contributed by atoms with Crippen molar-refractivity contribution in [3.63, 3.8) is 0 Å². The largest absolute Gasteiger partial charge is 0.497 e. The zero-order valence-corrected chi connectivity index (χ0v) is 22.1. The lowest BCUT2D eigenvalue weighted by Gasteiger charge is -2.13. The number of anilines is 2. The van der Waals surface area contributed by atoms with Gasteiger partial charge in [0.15, 0.2) is 6.61 Å². The van der Waals surface area contributed by atoms with Crippen LogP contribution in [-0.2, 0) is 9.59 Å². The number of amides is 2. The van der Waals surface area contributed by atoms with Crippen molar-refractivity contribution in [2.45, 2.75) is 6.92 Å². The van der Waals surface area contributed by atoms with Crippen molar-refractivity contribution in [2.24, 2.45) is 0 Å². The van der Waals surface area contributed by atoms with Crippen LogP contribution in [0.4, 0.5) is 11.4 Å². The van der Waals surface area contributed by atoms with Crippen LogP contribution < -0.4 is 20.1 Å². The Bertz CT molecular complexity index is 1300. The Balaban J connectivity index is 1.78. The van der Waals surface area contributed by atoms with E-state index in [1.165, 1.54) is 6.08 Å². The number of halogens is 2. The van der Waals surface area contributed by atoms with Gasteiger partial charge in [0.1, 0.15) is 23.1 Å². The number of rotatable bonds is 8. The number of carbonyl (C=O) groups excluding carboxylic acids is 2.